The lowest BCUT2D eigenvalue weighted by Gasteiger charge is -2.34. The largest absolute Gasteiger partial charge is 0.344 e. The summed E-state index contributed by atoms with van der Waals surface area (Å²) >= 11 is 0. The molecule has 0 saturated carbocycles. The van der Waals surface area contributed by atoms with E-state index in [2.05, 4.69) is 39.8 Å². The van der Waals surface area contributed by atoms with Crippen LogP contribution in [0, 0.1) is 0 Å². The summed E-state index contributed by atoms with van der Waals surface area (Å²) < 4.78 is 0. The highest BCUT2D eigenvalue weighted by molar-refractivity contribution is 5.78. The molecule has 1 unspecified atom stereocenters. The summed E-state index contributed by atoms with van der Waals surface area (Å²) in [5.74, 6) is 0.157. The van der Waals surface area contributed by atoms with Crippen LogP contribution in [0.4, 0.5) is 4.79 Å². The molecule has 6 nitrogen and oxygen atoms in total. The monoisotopic (exact) mass is 344 g/mol. The van der Waals surface area contributed by atoms with E-state index in [4.69, 9.17) is 0 Å². The van der Waals surface area contributed by atoms with Crippen LogP contribution in [0.25, 0.3) is 0 Å². The number of piperidine rings is 2. The average Bonchev–Trinajstić information content (AvgIpc) is 2.61. The van der Waals surface area contributed by atoms with Crippen molar-refractivity contribution in [3.63, 3.8) is 0 Å². The van der Waals surface area contributed by atoms with Crippen LogP contribution < -0.4 is 10.6 Å². The first-order valence-electron chi connectivity index (χ1n) is 9.17. The second kappa shape index (κ2) is 8.34. The van der Waals surface area contributed by atoms with Crippen molar-refractivity contribution < 1.29 is 9.59 Å². The number of rotatable bonds is 4. The third-order valence-electron chi connectivity index (χ3n) is 5.13. The van der Waals surface area contributed by atoms with Crippen molar-refractivity contribution in [1.82, 2.24) is 20.4 Å². The van der Waals surface area contributed by atoms with Gasteiger partial charge in [0.25, 0.3) is 0 Å². The van der Waals surface area contributed by atoms with Gasteiger partial charge >= 0.3 is 6.03 Å². The van der Waals surface area contributed by atoms with Gasteiger partial charge in [-0.2, -0.15) is 0 Å². The number of carbonyl (C=O) groups is 2. The molecular formula is C19H28N4O2. The number of likely N-dealkylation sites (tertiary alicyclic amines) is 2. The van der Waals surface area contributed by atoms with E-state index >= 15 is 0 Å². The van der Waals surface area contributed by atoms with Gasteiger partial charge in [-0.3, -0.25) is 9.69 Å². The molecule has 2 saturated heterocycles. The predicted molar refractivity (Wildman–Crippen MR) is 97.1 cm³/mol. The molecule has 136 valence electrons. The summed E-state index contributed by atoms with van der Waals surface area (Å²) in [6.07, 6.45) is 3.19. The van der Waals surface area contributed by atoms with Crippen molar-refractivity contribution in [2.75, 3.05) is 26.7 Å². The van der Waals surface area contributed by atoms with Crippen LogP contribution >= 0.6 is 0 Å². The Labute approximate surface area is 149 Å². The van der Waals surface area contributed by atoms with Crippen LogP contribution in [0.15, 0.2) is 30.3 Å². The SMILES string of the molecule is CN1CC(NC(=O)NC2CCN(Cc3ccccc3)CC2)CCC1=O. The Morgan fingerprint density at radius 2 is 1.76 bits per heavy atom. The summed E-state index contributed by atoms with van der Waals surface area (Å²) in [5, 5.41) is 6.11. The third-order valence-corrected chi connectivity index (χ3v) is 5.13. The quantitative estimate of drug-likeness (QED) is 0.871. The zero-order chi connectivity index (χ0) is 17.6. The topological polar surface area (TPSA) is 64.7 Å². The molecule has 1 atom stereocenters. The van der Waals surface area contributed by atoms with Gasteiger partial charge in [0.2, 0.25) is 5.91 Å². The van der Waals surface area contributed by atoms with Crippen molar-refractivity contribution in [2.45, 2.75) is 44.3 Å². The highest BCUT2D eigenvalue weighted by Gasteiger charge is 2.25. The van der Waals surface area contributed by atoms with Gasteiger partial charge in [0.15, 0.2) is 0 Å². The second-order valence-corrected chi connectivity index (χ2v) is 7.16. The molecule has 0 aliphatic carbocycles. The van der Waals surface area contributed by atoms with Crippen LogP contribution in [0.1, 0.15) is 31.2 Å². The maximum absolute atomic E-state index is 12.2. The van der Waals surface area contributed by atoms with Crippen LogP contribution in [-0.4, -0.2) is 60.5 Å². The maximum atomic E-state index is 12.2. The van der Waals surface area contributed by atoms with E-state index in [1.807, 2.05) is 6.07 Å². The molecule has 1 aromatic carbocycles. The minimum atomic E-state index is -0.103. The van der Waals surface area contributed by atoms with E-state index in [9.17, 15) is 9.59 Å². The van der Waals surface area contributed by atoms with Crippen molar-refractivity contribution in [3.05, 3.63) is 35.9 Å². The van der Waals surface area contributed by atoms with Crippen molar-refractivity contribution >= 4 is 11.9 Å². The molecule has 0 spiro atoms. The van der Waals surface area contributed by atoms with E-state index in [-0.39, 0.29) is 24.0 Å². The fourth-order valence-electron chi connectivity index (χ4n) is 3.62. The molecule has 6 heteroatoms. The van der Waals surface area contributed by atoms with Crippen molar-refractivity contribution in [2.24, 2.45) is 0 Å². The predicted octanol–water partition coefficient (Wildman–Crippen LogP) is 1.57. The first-order chi connectivity index (χ1) is 12.1. The number of urea groups is 1. The highest BCUT2D eigenvalue weighted by atomic mass is 16.2. The Balaban J connectivity index is 1.37. The number of benzene rings is 1. The van der Waals surface area contributed by atoms with E-state index in [1.54, 1.807) is 11.9 Å². The molecule has 2 N–H and O–H groups in total. The van der Waals surface area contributed by atoms with Gasteiger partial charge < -0.3 is 15.5 Å². The number of hydrogen-bond donors (Lipinski definition) is 2. The standard InChI is InChI=1S/C19H28N4O2/c1-22-14-17(7-8-18(22)24)21-19(25)20-16-9-11-23(12-10-16)13-15-5-3-2-4-6-15/h2-6,16-17H,7-14H2,1H3,(H2,20,21,25). The maximum Gasteiger partial charge on any atom is 0.315 e. The van der Waals surface area contributed by atoms with E-state index in [0.29, 0.717) is 13.0 Å². The fraction of sp³-hybridized carbons (Fsp3) is 0.579. The van der Waals surface area contributed by atoms with Gasteiger partial charge in [0, 0.05) is 51.7 Å². The normalized spacial score (nSPS) is 22.7. The summed E-state index contributed by atoms with van der Waals surface area (Å²) in [4.78, 5) is 27.8. The Kier molecular flexibility index (Phi) is 5.91. The molecule has 2 aliphatic heterocycles. The molecule has 2 fully saturated rings. The summed E-state index contributed by atoms with van der Waals surface area (Å²) in [7, 11) is 1.79. The minimum absolute atomic E-state index is 0.0564. The highest BCUT2D eigenvalue weighted by Crippen LogP contribution is 2.14. The third kappa shape index (κ3) is 5.19. The fourth-order valence-corrected chi connectivity index (χ4v) is 3.62. The molecule has 1 aromatic rings. The molecule has 0 aromatic heterocycles. The first kappa shape index (κ1) is 17.7. The van der Waals surface area contributed by atoms with Crippen LogP contribution in [0.5, 0.6) is 0 Å². The summed E-state index contributed by atoms with van der Waals surface area (Å²) in [6.45, 7) is 3.57. The van der Waals surface area contributed by atoms with Gasteiger partial charge in [0.05, 0.1) is 0 Å². The van der Waals surface area contributed by atoms with E-state index < -0.39 is 0 Å². The van der Waals surface area contributed by atoms with Crippen molar-refractivity contribution in [3.8, 4) is 0 Å². The summed E-state index contributed by atoms with van der Waals surface area (Å²) in [6, 6.07) is 10.7. The number of likely N-dealkylation sites (N-methyl/N-ethyl adjacent to an activating group) is 1. The molecule has 25 heavy (non-hydrogen) atoms. The Morgan fingerprint density at radius 3 is 2.44 bits per heavy atom. The molecule has 3 amide bonds. The van der Waals surface area contributed by atoms with Gasteiger partial charge in [-0.05, 0) is 24.8 Å². The number of amides is 3. The number of nitrogens with one attached hydrogen (secondary N) is 2. The number of nitrogens with zero attached hydrogens (tertiary/aromatic N) is 2. The van der Waals surface area contributed by atoms with Gasteiger partial charge in [-0.1, -0.05) is 30.3 Å². The molecule has 0 bridgehead atoms. The first-order valence-corrected chi connectivity index (χ1v) is 9.17. The zero-order valence-corrected chi connectivity index (χ0v) is 14.9. The molecule has 2 aliphatic rings. The lowest BCUT2D eigenvalue weighted by atomic mass is 10.0. The number of hydrogen-bond acceptors (Lipinski definition) is 3. The van der Waals surface area contributed by atoms with Crippen LogP contribution in [0.3, 0.4) is 0 Å². The van der Waals surface area contributed by atoms with Gasteiger partial charge in [-0.25, -0.2) is 4.79 Å². The second-order valence-electron chi connectivity index (χ2n) is 7.16. The van der Waals surface area contributed by atoms with Gasteiger partial charge in [-0.15, -0.1) is 0 Å². The zero-order valence-electron chi connectivity index (χ0n) is 14.9. The molecule has 2 heterocycles. The lowest BCUT2D eigenvalue weighted by molar-refractivity contribution is -0.132. The average molecular weight is 344 g/mol. The number of carbonyl (C=O) groups excluding carboxylic acids is 2. The van der Waals surface area contributed by atoms with Crippen LogP contribution in [-0.2, 0) is 11.3 Å². The molecular weight excluding hydrogens is 316 g/mol. The van der Waals surface area contributed by atoms with Crippen molar-refractivity contribution in [1.29, 1.82) is 0 Å². The lowest BCUT2D eigenvalue weighted by Crippen LogP contribution is -2.54. The Bertz CT molecular complexity index is 584. The van der Waals surface area contributed by atoms with E-state index in [0.717, 1.165) is 38.9 Å². The van der Waals surface area contributed by atoms with Crippen LogP contribution in [0.2, 0.25) is 0 Å². The summed E-state index contributed by atoms with van der Waals surface area (Å²) in [5.41, 5.74) is 1.34. The smallest absolute Gasteiger partial charge is 0.315 e. The van der Waals surface area contributed by atoms with E-state index in [1.165, 1.54) is 5.56 Å². The van der Waals surface area contributed by atoms with Gasteiger partial charge in [0.1, 0.15) is 0 Å². The Morgan fingerprint density at radius 1 is 1.08 bits per heavy atom. The molecule has 0 radical (unpaired) electrons. The Hall–Kier alpha value is -2.08. The molecule has 3 rings (SSSR count). The minimum Gasteiger partial charge on any atom is -0.344 e.